The number of hydrogen-bond acceptors (Lipinski definition) is 2. The molecule has 0 spiro atoms. The van der Waals surface area contributed by atoms with Crippen LogP contribution in [-0.4, -0.2) is 22.4 Å². The summed E-state index contributed by atoms with van der Waals surface area (Å²) >= 11 is 6.38. The van der Waals surface area contributed by atoms with E-state index in [0.29, 0.717) is 23.9 Å². The average molecular weight is 284 g/mol. The lowest BCUT2D eigenvalue weighted by Crippen LogP contribution is -2.33. The maximum Gasteiger partial charge on any atom is 0.0820 e. The highest BCUT2D eigenvalue weighted by Gasteiger charge is 2.36. The average Bonchev–Trinajstić information content (AvgIpc) is 2.90. The molecule has 0 radical (unpaired) electrons. The number of hydrogen-bond donors (Lipinski definition) is 1. The molecule has 0 aromatic carbocycles. The molecule has 2 rings (SSSR count). The molecule has 1 aliphatic carbocycles. The molecule has 1 N–H and O–H groups in total. The van der Waals surface area contributed by atoms with E-state index in [2.05, 4.69) is 42.8 Å². The number of nitrogens with one attached hydrogen (secondary N) is 1. The van der Waals surface area contributed by atoms with E-state index < -0.39 is 0 Å². The molecule has 1 aliphatic rings. The molecule has 3 unspecified atom stereocenters. The quantitative estimate of drug-likeness (QED) is 0.885. The molecule has 1 saturated carbocycles. The largest absolute Gasteiger partial charge is 0.314 e. The van der Waals surface area contributed by atoms with E-state index in [9.17, 15) is 0 Å². The lowest BCUT2D eigenvalue weighted by Gasteiger charge is -2.24. The molecule has 0 saturated heterocycles. The maximum absolute atomic E-state index is 6.38. The summed E-state index contributed by atoms with van der Waals surface area (Å²) in [5.41, 5.74) is 1.24. The first kappa shape index (κ1) is 14.9. The summed E-state index contributed by atoms with van der Waals surface area (Å²) in [4.78, 5) is 0. The second-order valence-corrected chi connectivity index (χ2v) is 6.43. The summed E-state index contributed by atoms with van der Waals surface area (Å²) < 4.78 is 2.10. The summed E-state index contributed by atoms with van der Waals surface area (Å²) in [6.07, 6.45) is 5.45. The van der Waals surface area contributed by atoms with Crippen LogP contribution >= 0.6 is 11.6 Å². The fourth-order valence-corrected chi connectivity index (χ4v) is 3.55. The van der Waals surface area contributed by atoms with E-state index in [0.717, 1.165) is 11.6 Å². The van der Waals surface area contributed by atoms with Crippen LogP contribution in [0.15, 0.2) is 6.20 Å². The summed E-state index contributed by atoms with van der Waals surface area (Å²) in [6.45, 7) is 10.0. The predicted molar refractivity (Wildman–Crippen MR) is 80.8 cm³/mol. The molecule has 0 amide bonds. The molecule has 108 valence electrons. The highest BCUT2D eigenvalue weighted by molar-refractivity contribution is 6.31. The lowest BCUT2D eigenvalue weighted by molar-refractivity contribution is 0.385. The van der Waals surface area contributed by atoms with Gasteiger partial charge in [-0.15, -0.1) is 0 Å². The monoisotopic (exact) mass is 283 g/mol. The van der Waals surface area contributed by atoms with E-state index >= 15 is 0 Å². The first-order valence-corrected chi connectivity index (χ1v) is 7.90. The van der Waals surface area contributed by atoms with Crippen molar-refractivity contribution in [3.8, 4) is 0 Å². The van der Waals surface area contributed by atoms with E-state index in [4.69, 9.17) is 11.6 Å². The second-order valence-electron chi connectivity index (χ2n) is 6.02. The van der Waals surface area contributed by atoms with Crippen molar-refractivity contribution >= 4 is 11.6 Å². The van der Waals surface area contributed by atoms with Crippen molar-refractivity contribution in [2.75, 3.05) is 6.54 Å². The Morgan fingerprint density at radius 1 is 1.47 bits per heavy atom. The predicted octanol–water partition coefficient (Wildman–Crippen LogP) is 4.00. The van der Waals surface area contributed by atoms with Gasteiger partial charge in [0.25, 0.3) is 0 Å². The Hall–Kier alpha value is -0.540. The van der Waals surface area contributed by atoms with Gasteiger partial charge in [-0.25, -0.2) is 0 Å². The van der Waals surface area contributed by atoms with Crippen molar-refractivity contribution in [1.29, 1.82) is 0 Å². The third kappa shape index (κ3) is 2.97. The standard InChI is InChI=1S/C15H26ClN3/c1-5-8-17-14-7-6-12(11(14)4)15-13(16)9-18-19(15)10(2)3/h9-12,14,17H,5-8H2,1-4H3. The van der Waals surface area contributed by atoms with Crippen LogP contribution < -0.4 is 5.32 Å². The Kier molecular flexibility index (Phi) is 4.91. The summed E-state index contributed by atoms with van der Waals surface area (Å²) in [7, 11) is 0. The smallest absolute Gasteiger partial charge is 0.0820 e. The van der Waals surface area contributed by atoms with Gasteiger partial charge in [-0.05, 0) is 45.6 Å². The minimum absolute atomic E-state index is 0.373. The highest BCUT2D eigenvalue weighted by atomic mass is 35.5. The first-order chi connectivity index (χ1) is 9.06. The van der Waals surface area contributed by atoms with Gasteiger partial charge in [-0.2, -0.15) is 5.10 Å². The zero-order valence-electron chi connectivity index (χ0n) is 12.5. The SMILES string of the molecule is CCCNC1CCC(c2c(Cl)cnn2C(C)C)C1C. The van der Waals surface area contributed by atoms with Crippen LogP contribution in [0.5, 0.6) is 0 Å². The van der Waals surface area contributed by atoms with Crippen LogP contribution in [0.3, 0.4) is 0 Å². The molecule has 4 heteroatoms. The van der Waals surface area contributed by atoms with E-state index in [1.807, 2.05) is 0 Å². The topological polar surface area (TPSA) is 29.9 Å². The molecule has 19 heavy (non-hydrogen) atoms. The van der Waals surface area contributed by atoms with Gasteiger partial charge >= 0.3 is 0 Å². The molecular formula is C15H26ClN3. The van der Waals surface area contributed by atoms with Gasteiger partial charge in [-0.1, -0.05) is 25.4 Å². The molecule has 1 heterocycles. The Balaban J connectivity index is 2.17. The molecule has 1 fully saturated rings. The molecule has 3 atom stereocenters. The van der Waals surface area contributed by atoms with Crippen LogP contribution in [0.4, 0.5) is 0 Å². The second kappa shape index (κ2) is 6.27. The van der Waals surface area contributed by atoms with Crippen molar-refractivity contribution in [3.05, 3.63) is 16.9 Å². The van der Waals surface area contributed by atoms with Gasteiger partial charge in [0.2, 0.25) is 0 Å². The van der Waals surface area contributed by atoms with Gasteiger partial charge in [0.05, 0.1) is 16.9 Å². The molecular weight excluding hydrogens is 258 g/mol. The molecule has 0 bridgehead atoms. The minimum atomic E-state index is 0.373. The van der Waals surface area contributed by atoms with Crippen LogP contribution in [0, 0.1) is 5.92 Å². The van der Waals surface area contributed by atoms with Crippen molar-refractivity contribution in [1.82, 2.24) is 15.1 Å². The molecule has 0 aliphatic heterocycles. The maximum atomic E-state index is 6.38. The fraction of sp³-hybridized carbons (Fsp3) is 0.800. The third-order valence-corrected chi connectivity index (χ3v) is 4.63. The van der Waals surface area contributed by atoms with Crippen molar-refractivity contribution in [3.63, 3.8) is 0 Å². The zero-order valence-corrected chi connectivity index (χ0v) is 13.2. The Bertz CT molecular complexity index is 414. The summed E-state index contributed by atoms with van der Waals surface area (Å²) in [5.74, 6) is 1.16. The third-order valence-electron chi connectivity index (χ3n) is 4.34. The molecule has 1 aromatic heterocycles. The summed E-state index contributed by atoms with van der Waals surface area (Å²) in [6, 6.07) is 0.994. The normalized spacial score (nSPS) is 27.4. The zero-order chi connectivity index (χ0) is 14.0. The van der Waals surface area contributed by atoms with Gasteiger partial charge in [0.1, 0.15) is 0 Å². The van der Waals surface area contributed by atoms with Crippen LogP contribution in [0.1, 0.15) is 64.6 Å². The number of nitrogens with zero attached hydrogens (tertiary/aromatic N) is 2. The molecule has 1 aromatic rings. The van der Waals surface area contributed by atoms with E-state index in [-0.39, 0.29) is 0 Å². The number of rotatable bonds is 5. The van der Waals surface area contributed by atoms with Crippen molar-refractivity contribution in [2.24, 2.45) is 5.92 Å². The fourth-order valence-electron chi connectivity index (χ4n) is 3.28. The van der Waals surface area contributed by atoms with Crippen LogP contribution in [-0.2, 0) is 0 Å². The summed E-state index contributed by atoms with van der Waals surface area (Å²) in [5, 5.41) is 8.95. The molecule has 3 nitrogen and oxygen atoms in total. The minimum Gasteiger partial charge on any atom is -0.314 e. The van der Waals surface area contributed by atoms with Crippen molar-refractivity contribution in [2.45, 2.75) is 65.0 Å². The van der Waals surface area contributed by atoms with Crippen molar-refractivity contribution < 1.29 is 0 Å². The van der Waals surface area contributed by atoms with Gasteiger partial charge in [0, 0.05) is 18.0 Å². The highest BCUT2D eigenvalue weighted by Crippen LogP contribution is 2.42. The first-order valence-electron chi connectivity index (χ1n) is 7.52. The number of halogens is 1. The Morgan fingerprint density at radius 2 is 2.21 bits per heavy atom. The Morgan fingerprint density at radius 3 is 2.84 bits per heavy atom. The number of aromatic nitrogens is 2. The Labute approximate surface area is 121 Å². The lowest BCUT2D eigenvalue weighted by atomic mass is 9.92. The van der Waals surface area contributed by atoms with Gasteiger partial charge < -0.3 is 5.32 Å². The van der Waals surface area contributed by atoms with Gasteiger partial charge in [-0.3, -0.25) is 4.68 Å². The van der Waals surface area contributed by atoms with Crippen LogP contribution in [0.25, 0.3) is 0 Å². The van der Waals surface area contributed by atoms with Crippen LogP contribution in [0.2, 0.25) is 5.02 Å². The van der Waals surface area contributed by atoms with Gasteiger partial charge in [0.15, 0.2) is 0 Å². The van der Waals surface area contributed by atoms with E-state index in [1.54, 1.807) is 6.20 Å². The van der Waals surface area contributed by atoms with E-state index in [1.165, 1.54) is 25.0 Å².